The largest absolute Gasteiger partial charge is 0.373 e. The predicted octanol–water partition coefficient (Wildman–Crippen LogP) is 2.41. The lowest BCUT2D eigenvalue weighted by Gasteiger charge is -2.35. The van der Waals surface area contributed by atoms with E-state index in [9.17, 15) is 9.18 Å². The maximum absolute atomic E-state index is 14.0. The molecule has 3 aliphatic heterocycles. The van der Waals surface area contributed by atoms with E-state index in [1.54, 1.807) is 12.1 Å². The standard InChI is InChI=1S/C18H24FN3O2/c19-14-5-1-2-6-16(14)22-9-3-4-12(11-22)20-18(23)21-15-10-13-7-8-17(15)24-13/h1-2,5-6,12-13,15,17H,3-4,7-11H2,(H2,20,21,23)/t12-,13-,15+,17-/m1/s1. The molecule has 24 heavy (non-hydrogen) atoms. The smallest absolute Gasteiger partial charge is 0.315 e. The average Bonchev–Trinajstić information content (AvgIpc) is 3.18. The minimum atomic E-state index is -0.207. The molecule has 4 atom stereocenters. The van der Waals surface area contributed by atoms with Gasteiger partial charge in [0.15, 0.2) is 0 Å². The van der Waals surface area contributed by atoms with E-state index in [4.69, 9.17) is 4.74 Å². The highest BCUT2D eigenvalue weighted by atomic mass is 19.1. The van der Waals surface area contributed by atoms with Crippen LogP contribution in [0.2, 0.25) is 0 Å². The van der Waals surface area contributed by atoms with Crippen molar-refractivity contribution in [1.29, 1.82) is 0 Å². The number of anilines is 1. The fourth-order valence-electron chi connectivity index (χ4n) is 4.21. The van der Waals surface area contributed by atoms with E-state index in [2.05, 4.69) is 10.6 Å². The summed E-state index contributed by atoms with van der Waals surface area (Å²) in [6.45, 7) is 1.46. The van der Waals surface area contributed by atoms with Gasteiger partial charge < -0.3 is 20.3 Å². The van der Waals surface area contributed by atoms with Crippen LogP contribution in [0.15, 0.2) is 24.3 Å². The van der Waals surface area contributed by atoms with E-state index < -0.39 is 0 Å². The lowest BCUT2D eigenvalue weighted by atomic mass is 9.96. The average molecular weight is 333 g/mol. The van der Waals surface area contributed by atoms with E-state index in [0.29, 0.717) is 18.3 Å². The molecule has 5 nitrogen and oxygen atoms in total. The minimum absolute atomic E-state index is 0.0397. The summed E-state index contributed by atoms with van der Waals surface area (Å²) in [7, 11) is 0. The Morgan fingerprint density at radius 2 is 2.08 bits per heavy atom. The van der Waals surface area contributed by atoms with Crippen molar-refractivity contribution in [3.05, 3.63) is 30.1 Å². The van der Waals surface area contributed by atoms with E-state index >= 15 is 0 Å². The molecule has 3 fully saturated rings. The van der Waals surface area contributed by atoms with Crippen molar-refractivity contribution in [2.24, 2.45) is 0 Å². The number of hydrogen-bond donors (Lipinski definition) is 2. The molecular formula is C18H24FN3O2. The summed E-state index contributed by atoms with van der Waals surface area (Å²) < 4.78 is 19.7. The van der Waals surface area contributed by atoms with Crippen molar-refractivity contribution in [3.63, 3.8) is 0 Å². The molecular weight excluding hydrogens is 309 g/mol. The number of halogens is 1. The maximum Gasteiger partial charge on any atom is 0.315 e. The lowest BCUT2D eigenvalue weighted by Crippen LogP contribution is -2.53. The van der Waals surface area contributed by atoms with E-state index in [1.165, 1.54) is 6.07 Å². The number of benzene rings is 1. The number of piperidine rings is 1. The monoisotopic (exact) mass is 333 g/mol. The summed E-state index contributed by atoms with van der Waals surface area (Å²) in [6.07, 6.45) is 5.45. The molecule has 3 saturated heterocycles. The van der Waals surface area contributed by atoms with Crippen molar-refractivity contribution >= 4 is 11.7 Å². The summed E-state index contributed by atoms with van der Waals surface area (Å²) in [5.41, 5.74) is 0.617. The normalized spacial score (nSPS) is 32.0. The molecule has 130 valence electrons. The number of nitrogens with one attached hydrogen (secondary N) is 2. The number of carbonyl (C=O) groups excluding carboxylic acids is 1. The second kappa shape index (κ2) is 6.59. The molecule has 1 aromatic rings. The lowest BCUT2D eigenvalue weighted by molar-refractivity contribution is 0.0980. The van der Waals surface area contributed by atoms with E-state index in [-0.39, 0.29) is 30.0 Å². The van der Waals surface area contributed by atoms with Gasteiger partial charge in [-0.3, -0.25) is 0 Å². The third-order valence-electron chi connectivity index (χ3n) is 5.37. The van der Waals surface area contributed by atoms with E-state index in [0.717, 1.165) is 38.6 Å². The van der Waals surface area contributed by atoms with Gasteiger partial charge in [0.1, 0.15) is 5.82 Å². The number of rotatable bonds is 3. The number of para-hydroxylation sites is 1. The first-order valence-electron chi connectivity index (χ1n) is 8.91. The summed E-state index contributed by atoms with van der Waals surface area (Å²) in [5, 5.41) is 6.11. The third-order valence-corrected chi connectivity index (χ3v) is 5.37. The van der Waals surface area contributed by atoms with Crippen LogP contribution in [0.25, 0.3) is 0 Å². The summed E-state index contributed by atoms with van der Waals surface area (Å²) >= 11 is 0. The molecule has 0 spiro atoms. The highest BCUT2D eigenvalue weighted by Crippen LogP contribution is 2.34. The van der Waals surface area contributed by atoms with E-state index in [1.807, 2.05) is 11.0 Å². The Morgan fingerprint density at radius 3 is 2.83 bits per heavy atom. The van der Waals surface area contributed by atoms with Crippen LogP contribution in [0.5, 0.6) is 0 Å². The summed E-state index contributed by atoms with van der Waals surface area (Å²) in [4.78, 5) is 14.3. The first-order chi connectivity index (χ1) is 11.7. The Balaban J connectivity index is 1.31. The van der Waals surface area contributed by atoms with Gasteiger partial charge in [0.05, 0.1) is 23.9 Å². The summed E-state index contributed by atoms with van der Waals surface area (Å²) in [5.74, 6) is -0.207. The van der Waals surface area contributed by atoms with Crippen LogP contribution < -0.4 is 15.5 Å². The van der Waals surface area contributed by atoms with Gasteiger partial charge in [-0.2, -0.15) is 0 Å². The highest BCUT2D eigenvalue weighted by molar-refractivity contribution is 5.75. The number of carbonyl (C=O) groups is 1. The number of nitrogens with zero attached hydrogens (tertiary/aromatic N) is 1. The Hall–Kier alpha value is -1.82. The maximum atomic E-state index is 14.0. The molecule has 6 heteroatoms. The SMILES string of the molecule is O=C(N[C@@H]1CCCN(c2ccccc2F)C1)N[C@H]1C[C@H]2CC[C@H]1O2. The Labute approximate surface area is 141 Å². The molecule has 4 rings (SSSR count). The minimum Gasteiger partial charge on any atom is -0.373 e. The van der Waals surface area contributed by atoms with Crippen molar-refractivity contribution in [3.8, 4) is 0 Å². The molecule has 2 bridgehead atoms. The number of ether oxygens (including phenoxy) is 1. The van der Waals surface area contributed by atoms with Gasteiger partial charge in [-0.15, -0.1) is 0 Å². The molecule has 0 aromatic heterocycles. The molecule has 2 amide bonds. The van der Waals surface area contributed by atoms with Crippen LogP contribution >= 0.6 is 0 Å². The van der Waals surface area contributed by atoms with Crippen molar-refractivity contribution in [2.45, 2.75) is 56.4 Å². The van der Waals surface area contributed by atoms with Crippen LogP contribution in [0.3, 0.4) is 0 Å². The van der Waals surface area contributed by atoms with Crippen LogP contribution in [0.1, 0.15) is 32.1 Å². The Morgan fingerprint density at radius 1 is 1.21 bits per heavy atom. The van der Waals surface area contributed by atoms with Gasteiger partial charge in [-0.25, -0.2) is 9.18 Å². The second-order valence-electron chi connectivity index (χ2n) is 7.07. The second-order valence-corrected chi connectivity index (χ2v) is 7.07. The van der Waals surface area contributed by atoms with Gasteiger partial charge in [-0.1, -0.05) is 12.1 Å². The van der Waals surface area contributed by atoms with Crippen LogP contribution in [0, 0.1) is 5.82 Å². The topological polar surface area (TPSA) is 53.6 Å². The third kappa shape index (κ3) is 3.20. The van der Waals surface area contributed by atoms with Crippen molar-refractivity contribution < 1.29 is 13.9 Å². The molecule has 3 aliphatic rings. The van der Waals surface area contributed by atoms with Gasteiger partial charge >= 0.3 is 6.03 Å². The van der Waals surface area contributed by atoms with Gasteiger partial charge in [-0.05, 0) is 44.2 Å². The fraction of sp³-hybridized carbons (Fsp3) is 0.611. The number of urea groups is 1. The molecule has 3 heterocycles. The van der Waals surface area contributed by atoms with Crippen LogP contribution in [-0.2, 0) is 4.74 Å². The molecule has 0 saturated carbocycles. The highest BCUT2D eigenvalue weighted by Gasteiger charge is 2.41. The van der Waals surface area contributed by atoms with Crippen LogP contribution in [-0.4, -0.2) is 43.4 Å². The van der Waals surface area contributed by atoms with Crippen LogP contribution in [0.4, 0.5) is 14.9 Å². The first kappa shape index (κ1) is 15.7. The van der Waals surface area contributed by atoms with Gasteiger partial charge in [0.2, 0.25) is 0 Å². The quantitative estimate of drug-likeness (QED) is 0.893. The zero-order chi connectivity index (χ0) is 16.5. The van der Waals surface area contributed by atoms with Gasteiger partial charge in [0.25, 0.3) is 0 Å². The molecule has 0 unspecified atom stereocenters. The predicted molar refractivity (Wildman–Crippen MR) is 89.6 cm³/mol. The zero-order valence-corrected chi connectivity index (χ0v) is 13.7. The Bertz CT molecular complexity index is 612. The first-order valence-corrected chi connectivity index (χ1v) is 8.91. The molecule has 2 N–H and O–H groups in total. The number of fused-ring (bicyclic) bond motifs is 2. The molecule has 0 aliphatic carbocycles. The number of hydrogen-bond acceptors (Lipinski definition) is 3. The van der Waals surface area contributed by atoms with Crippen molar-refractivity contribution in [1.82, 2.24) is 10.6 Å². The summed E-state index contributed by atoms with van der Waals surface area (Å²) in [6, 6.07) is 6.86. The van der Waals surface area contributed by atoms with Gasteiger partial charge in [0, 0.05) is 19.1 Å². The number of amides is 2. The zero-order valence-electron chi connectivity index (χ0n) is 13.7. The molecule has 0 radical (unpaired) electrons. The Kier molecular flexibility index (Phi) is 4.31. The molecule has 1 aromatic carbocycles. The van der Waals surface area contributed by atoms with Crippen molar-refractivity contribution in [2.75, 3.05) is 18.0 Å². The fourth-order valence-corrected chi connectivity index (χ4v) is 4.21.